The molecule has 1 aliphatic rings. The predicted molar refractivity (Wildman–Crippen MR) is 124 cm³/mol. The van der Waals surface area contributed by atoms with Crippen molar-refractivity contribution in [3.63, 3.8) is 0 Å². The van der Waals surface area contributed by atoms with Gasteiger partial charge in [-0.2, -0.15) is 0 Å². The maximum atomic E-state index is 11.3. The number of carbonyl (C=O) groups is 2. The van der Waals surface area contributed by atoms with Gasteiger partial charge in [-0.3, -0.25) is 4.98 Å². The number of aromatic nitrogens is 3. The highest BCUT2D eigenvalue weighted by atomic mass is 16.5. The van der Waals surface area contributed by atoms with E-state index in [0.717, 1.165) is 11.1 Å². The Hall–Kier alpha value is -4.41. The van der Waals surface area contributed by atoms with Crippen molar-refractivity contribution in [1.29, 1.82) is 0 Å². The predicted octanol–water partition coefficient (Wildman–Crippen LogP) is 2.70. The normalized spacial score (nSPS) is 17.6. The van der Waals surface area contributed by atoms with Crippen LogP contribution in [0.5, 0.6) is 5.75 Å². The van der Waals surface area contributed by atoms with Crippen molar-refractivity contribution in [2.45, 2.75) is 18.5 Å². The molecule has 2 aromatic heterocycles. The van der Waals surface area contributed by atoms with E-state index in [1.54, 1.807) is 24.4 Å². The number of benzene rings is 1. The van der Waals surface area contributed by atoms with Gasteiger partial charge in [0.1, 0.15) is 5.75 Å². The van der Waals surface area contributed by atoms with E-state index in [1.807, 2.05) is 42.5 Å². The van der Waals surface area contributed by atoms with Gasteiger partial charge in [-0.25, -0.2) is 19.6 Å². The van der Waals surface area contributed by atoms with E-state index < -0.39 is 24.3 Å². The van der Waals surface area contributed by atoms with Crippen LogP contribution < -0.4 is 20.3 Å². The SMILES string of the molecule is COc1ccc(-c2cc(-c3ccncc3)nc(N3C[C@H](NC(=O)O)C[C@H](NC(=O)O)C3)n2)cc1. The summed E-state index contributed by atoms with van der Waals surface area (Å²) in [5, 5.41) is 23.3. The number of rotatable bonds is 6. The molecule has 0 radical (unpaired) electrons. The average molecular weight is 464 g/mol. The van der Waals surface area contributed by atoms with Crippen LogP contribution in [-0.2, 0) is 0 Å². The Morgan fingerprint density at radius 1 is 0.912 bits per heavy atom. The fraction of sp³-hybridized carbons (Fsp3) is 0.261. The molecule has 11 nitrogen and oxygen atoms in total. The van der Waals surface area contributed by atoms with E-state index in [2.05, 4.69) is 15.6 Å². The third-order valence-corrected chi connectivity index (χ3v) is 5.46. The molecule has 176 valence electrons. The van der Waals surface area contributed by atoms with E-state index in [-0.39, 0.29) is 0 Å². The molecule has 4 rings (SSSR count). The smallest absolute Gasteiger partial charge is 0.404 e. The molecule has 1 aromatic carbocycles. The summed E-state index contributed by atoms with van der Waals surface area (Å²) in [4.78, 5) is 37.8. The Balaban J connectivity index is 1.75. The molecule has 4 N–H and O–H groups in total. The number of ether oxygens (including phenoxy) is 1. The van der Waals surface area contributed by atoms with Crippen molar-refractivity contribution >= 4 is 18.1 Å². The molecule has 3 aromatic rings. The Kier molecular flexibility index (Phi) is 6.72. The summed E-state index contributed by atoms with van der Waals surface area (Å²) < 4.78 is 5.25. The lowest BCUT2D eigenvalue weighted by Gasteiger charge is -2.37. The summed E-state index contributed by atoms with van der Waals surface area (Å²) in [6, 6.07) is 12.0. The molecule has 2 atom stereocenters. The Bertz CT molecular complexity index is 1130. The maximum Gasteiger partial charge on any atom is 0.404 e. The van der Waals surface area contributed by atoms with Crippen molar-refractivity contribution in [1.82, 2.24) is 25.6 Å². The second-order valence-corrected chi connectivity index (χ2v) is 7.84. The van der Waals surface area contributed by atoms with Gasteiger partial charge in [0.2, 0.25) is 5.95 Å². The van der Waals surface area contributed by atoms with Gasteiger partial charge in [-0.15, -0.1) is 0 Å². The summed E-state index contributed by atoms with van der Waals surface area (Å²) in [6.07, 6.45) is 1.32. The van der Waals surface area contributed by atoms with Crippen molar-refractivity contribution in [2.75, 3.05) is 25.1 Å². The molecule has 0 spiro atoms. The Morgan fingerprint density at radius 3 is 1.94 bits per heavy atom. The lowest BCUT2D eigenvalue weighted by molar-refractivity contribution is 0.180. The van der Waals surface area contributed by atoms with Crippen molar-refractivity contribution in [3.05, 3.63) is 54.9 Å². The summed E-state index contributed by atoms with van der Waals surface area (Å²) in [6.45, 7) is 0.595. The number of nitrogens with one attached hydrogen (secondary N) is 2. The zero-order valence-corrected chi connectivity index (χ0v) is 18.4. The van der Waals surface area contributed by atoms with Crippen LogP contribution >= 0.6 is 0 Å². The third kappa shape index (κ3) is 5.49. The molecule has 2 amide bonds. The minimum atomic E-state index is -1.17. The molecule has 3 heterocycles. The fourth-order valence-electron chi connectivity index (χ4n) is 3.98. The van der Waals surface area contributed by atoms with Crippen LogP contribution in [0.15, 0.2) is 54.9 Å². The van der Waals surface area contributed by atoms with Crippen molar-refractivity contribution in [2.24, 2.45) is 0 Å². The first-order valence-corrected chi connectivity index (χ1v) is 10.6. The lowest BCUT2D eigenvalue weighted by atomic mass is 10.0. The van der Waals surface area contributed by atoms with Crippen LogP contribution in [-0.4, -0.2) is 69.6 Å². The summed E-state index contributed by atoms with van der Waals surface area (Å²) in [7, 11) is 1.60. The van der Waals surface area contributed by atoms with Crippen molar-refractivity contribution < 1.29 is 24.5 Å². The van der Waals surface area contributed by atoms with Gasteiger partial charge < -0.3 is 30.5 Å². The quantitative estimate of drug-likeness (QED) is 0.432. The van der Waals surface area contributed by atoms with E-state index in [9.17, 15) is 19.8 Å². The zero-order valence-electron chi connectivity index (χ0n) is 18.4. The molecular weight excluding hydrogens is 440 g/mol. The molecule has 1 saturated heterocycles. The van der Waals surface area contributed by atoms with Crippen LogP contribution in [0.2, 0.25) is 0 Å². The third-order valence-electron chi connectivity index (χ3n) is 5.46. The highest BCUT2D eigenvalue weighted by molar-refractivity contribution is 5.70. The van der Waals surface area contributed by atoms with Crippen molar-refractivity contribution in [3.8, 4) is 28.3 Å². The number of amides is 2. The minimum Gasteiger partial charge on any atom is -0.497 e. The van der Waals surface area contributed by atoms with Gasteiger partial charge in [-0.05, 0) is 48.9 Å². The van der Waals surface area contributed by atoms with Gasteiger partial charge in [0.15, 0.2) is 0 Å². The topological polar surface area (TPSA) is 150 Å². The number of anilines is 1. The average Bonchev–Trinajstić information content (AvgIpc) is 2.83. The minimum absolute atomic E-state index is 0.298. The first-order valence-electron chi connectivity index (χ1n) is 10.6. The Morgan fingerprint density at radius 2 is 1.44 bits per heavy atom. The first-order chi connectivity index (χ1) is 16.4. The summed E-state index contributed by atoms with van der Waals surface area (Å²) in [5.41, 5.74) is 3.01. The summed E-state index contributed by atoms with van der Waals surface area (Å²) >= 11 is 0. The Labute approximate surface area is 195 Å². The largest absolute Gasteiger partial charge is 0.497 e. The van der Waals surface area contributed by atoms with Gasteiger partial charge in [-0.1, -0.05) is 0 Å². The first kappa shape index (κ1) is 22.8. The number of nitrogens with zero attached hydrogens (tertiary/aromatic N) is 4. The lowest BCUT2D eigenvalue weighted by Crippen LogP contribution is -2.57. The van der Waals surface area contributed by atoms with Crippen LogP contribution in [0.3, 0.4) is 0 Å². The van der Waals surface area contributed by atoms with Gasteiger partial charge in [0.25, 0.3) is 0 Å². The molecule has 11 heteroatoms. The number of hydrogen-bond acceptors (Lipinski definition) is 7. The fourth-order valence-corrected chi connectivity index (χ4v) is 3.98. The second-order valence-electron chi connectivity index (χ2n) is 7.84. The number of pyridine rings is 1. The van der Waals surface area contributed by atoms with Gasteiger partial charge in [0, 0.05) is 36.6 Å². The molecule has 34 heavy (non-hydrogen) atoms. The van der Waals surface area contributed by atoms with Crippen LogP contribution in [0.4, 0.5) is 15.5 Å². The zero-order chi connectivity index (χ0) is 24.1. The van der Waals surface area contributed by atoms with E-state index in [0.29, 0.717) is 42.6 Å². The molecule has 1 fully saturated rings. The van der Waals surface area contributed by atoms with Crippen LogP contribution in [0.25, 0.3) is 22.5 Å². The molecule has 0 unspecified atom stereocenters. The maximum absolute atomic E-state index is 11.3. The monoisotopic (exact) mass is 464 g/mol. The second kappa shape index (κ2) is 10.0. The molecule has 0 saturated carbocycles. The molecule has 0 bridgehead atoms. The number of hydrogen-bond donors (Lipinski definition) is 4. The molecule has 0 aliphatic carbocycles. The van der Waals surface area contributed by atoms with E-state index in [1.165, 1.54) is 0 Å². The van der Waals surface area contributed by atoms with Gasteiger partial charge >= 0.3 is 12.2 Å². The van der Waals surface area contributed by atoms with Gasteiger partial charge in [0.05, 0.1) is 30.6 Å². The highest BCUT2D eigenvalue weighted by Crippen LogP contribution is 2.28. The number of piperidine rings is 1. The van der Waals surface area contributed by atoms with E-state index >= 15 is 0 Å². The highest BCUT2D eigenvalue weighted by Gasteiger charge is 2.31. The number of methoxy groups -OCH3 is 1. The summed E-state index contributed by atoms with van der Waals surface area (Å²) in [5.74, 6) is 1.09. The van der Waals surface area contributed by atoms with Crippen LogP contribution in [0, 0.1) is 0 Å². The van der Waals surface area contributed by atoms with Crippen LogP contribution in [0.1, 0.15) is 6.42 Å². The van der Waals surface area contributed by atoms with E-state index in [4.69, 9.17) is 14.7 Å². The molecular formula is C23H24N6O5. The number of carboxylic acid groups (broad SMARTS) is 2. The standard InChI is InChI=1S/C23H24N6O5/c1-34-18-4-2-14(3-5-18)19-11-20(15-6-8-24-9-7-15)28-21(27-19)29-12-16(25-22(30)31)10-17(13-29)26-23(32)33/h2-9,11,16-17,25-26H,10,12-13H2,1H3,(H,30,31)(H,32,33)/t16-,17+. The molecule has 1 aliphatic heterocycles.